The van der Waals surface area contributed by atoms with Gasteiger partial charge in [-0.1, -0.05) is 12.1 Å². The molecule has 2 aromatic rings. The van der Waals surface area contributed by atoms with Crippen molar-refractivity contribution in [3.63, 3.8) is 0 Å². The highest BCUT2D eigenvalue weighted by atomic mass is 127. The molecule has 180 valence electrons. The highest BCUT2D eigenvalue weighted by molar-refractivity contribution is 14.0. The average molecular weight is 566 g/mol. The van der Waals surface area contributed by atoms with Gasteiger partial charge in [0.25, 0.3) is 0 Å². The number of nitrogens with zero attached hydrogens (tertiary/aromatic N) is 3. The Morgan fingerprint density at radius 1 is 1.21 bits per heavy atom. The zero-order valence-electron chi connectivity index (χ0n) is 19.8. The van der Waals surface area contributed by atoms with Crippen molar-refractivity contribution in [1.29, 1.82) is 0 Å². The molecule has 33 heavy (non-hydrogen) atoms. The minimum Gasteiger partial charge on any atom is -0.493 e. The van der Waals surface area contributed by atoms with Crippen molar-refractivity contribution in [2.45, 2.75) is 45.9 Å². The maximum Gasteiger partial charge on any atom is 0.191 e. The zero-order valence-corrected chi connectivity index (χ0v) is 22.2. The SMILES string of the molecule is CN=C(NCc1ccnc(N2CCOC(C)C2)c1)NCc1ccc(C)cc1OCC1CC1.I. The number of nitrogens with one attached hydrogen (secondary N) is 2. The highest BCUT2D eigenvalue weighted by Gasteiger charge is 2.22. The van der Waals surface area contributed by atoms with E-state index >= 15 is 0 Å². The minimum absolute atomic E-state index is 0. The molecule has 0 amide bonds. The van der Waals surface area contributed by atoms with Gasteiger partial charge in [-0.2, -0.15) is 0 Å². The number of anilines is 1. The van der Waals surface area contributed by atoms with Crippen LogP contribution in [0.5, 0.6) is 5.75 Å². The molecule has 2 fully saturated rings. The van der Waals surface area contributed by atoms with Crippen LogP contribution in [0.2, 0.25) is 0 Å². The predicted octanol–water partition coefficient (Wildman–Crippen LogP) is 3.89. The van der Waals surface area contributed by atoms with Crippen LogP contribution in [0.25, 0.3) is 0 Å². The third-order valence-electron chi connectivity index (χ3n) is 5.90. The Morgan fingerprint density at radius 3 is 2.79 bits per heavy atom. The summed E-state index contributed by atoms with van der Waals surface area (Å²) < 4.78 is 11.7. The molecule has 1 saturated heterocycles. The lowest BCUT2D eigenvalue weighted by molar-refractivity contribution is 0.0529. The number of ether oxygens (including phenoxy) is 2. The third kappa shape index (κ3) is 7.74. The fourth-order valence-electron chi connectivity index (χ4n) is 3.79. The van der Waals surface area contributed by atoms with Crippen molar-refractivity contribution in [3.8, 4) is 5.75 Å². The number of aryl methyl sites for hydroxylation is 1. The van der Waals surface area contributed by atoms with Gasteiger partial charge >= 0.3 is 0 Å². The Bertz CT molecular complexity index is 935. The molecule has 1 aliphatic heterocycles. The van der Waals surface area contributed by atoms with Crippen LogP contribution in [-0.2, 0) is 17.8 Å². The lowest BCUT2D eigenvalue weighted by atomic mass is 10.1. The largest absolute Gasteiger partial charge is 0.493 e. The van der Waals surface area contributed by atoms with Crippen molar-refractivity contribution in [2.75, 3.05) is 38.3 Å². The zero-order chi connectivity index (χ0) is 22.3. The first-order chi connectivity index (χ1) is 15.6. The Balaban J connectivity index is 0.00000306. The molecule has 1 atom stereocenters. The number of hydrogen-bond acceptors (Lipinski definition) is 5. The van der Waals surface area contributed by atoms with Crippen molar-refractivity contribution in [2.24, 2.45) is 10.9 Å². The van der Waals surface area contributed by atoms with E-state index in [0.29, 0.717) is 13.1 Å². The van der Waals surface area contributed by atoms with Gasteiger partial charge in [0, 0.05) is 45.0 Å². The predicted molar refractivity (Wildman–Crippen MR) is 144 cm³/mol. The molecule has 2 N–H and O–H groups in total. The number of hydrogen-bond donors (Lipinski definition) is 2. The standard InChI is InChI=1S/C25H35N5O2.HI/c1-18-4-7-22(23(12-18)32-17-20-5-6-20)15-29-25(26-3)28-14-21-8-9-27-24(13-21)30-10-11-31-19(2)16-30;/h4,7-9,12-13,19-20H,5-6,10-11,14-17H2,1-3H3,(H2,26,28,29);1H. The Hall–Kier alpha value is -2.07. The van der Waals surface area contributed by atoms with E-state index in [-0.39, 0.29) is 30.1 Å². The number of aromatic nitrogens is 1. The molecule has 0 spiro atoms. The van der Waals surface area contributed by atoms with E-state index in [2.05, 4.69) is 63.6 Å². The summed E-state index contributed by atoms with van der Waals surface area (Å²) in [6, 6.07) is 10.6. The van der Waals surface area contributed by atoms with E-state index in [0.717, 1.165) is 55.3 Å². The number of pyridine rings is 1. The number of halogens is 1. The summed E-state index contributed by atoms with van der Waals surface area (Å²) in [6.45, 7) is 8.84. The molecule has 1 aliphatic carbocycles. The number of morpholine rings is 1. The van der Waals surface area contributed by atoms with Crippen LogP contribution in [0.4, 0.5) is 5.82 Å². The second-order valence-corrected chi connectivity index (χ2v) is 8.79. The Morgan fingerprint density at radius 2 is 2.03 bits per heavy atom. The van der Waals surface area contributed by atoms with Crippen LogP contribution in [0, 0.1) is 12.8 Å². The molecule has 2 heterocycles. The van der Waals surface area contributed by atoms with E-state index in [4.69, 9.17) is 9.47 Å². The monoisotopic (exact) mass is 565 g/mol. The molecular formula is C25H36IN5O2. The van der Waals surface area contributed by atoms with Gasteiger partial charge in [0.15, 0.2) is 5.96 Å². The molecule has 1 saturated carbocycles. The molecular weight excluding hydrogens is 529 g/mol. The number of rotatable bonds is 8. The molecule has 1 unspecified atom stereocenters. The van der Waals surface area contributed by atoms with Crippen molar-refractivity contribution in [3.05, 3.63) is 53.2 Å². The van der Waals surface area contributed by atoms with Crippen LogP contribution in [0.1, 0.15) is 36.5 Å². The minimum atomic E-state index is 0. The fourth-order valence-corrected chi connectivity index (χ4v) is 3.79. The number of benzene rings is 1. The summed E-state index contributed by atoms with van der Waals surface area (Å²) in [5, 5.41) is 6.83. The maximum atomic E-state index is 6.09. The van der Waals surface area contributed by atoms with Crippen molar-refractivity contribution in [1.82, 2.24) is 15.6 Å². The summed E-state index contributed by atoms with van der Waals surface area (Å²) >= 11 is 0. The second kappa shape index (κ2) is 12.4. The first-order valence-electron chi connectivity index (χ1n) is 11.6. The first-order valence-corrected chi connectivity index (χ1v) is 11.6. The number of aliphatic imine (C=N–C) groups is 1. The van der Waals surface area contributed by atoms with Gasteiger partial charge in [-0.15, -0.1) is 24.0 Å². The van der Waals surface area contributed by atoms with E-state index < -0.39 is 0 Å². The van der Waals surface area contributed by atoms with Gasteiger partial charge < -0.3 is 25.0 Å². The van der Waals surface area contributed by atoms with Crippen LogP contribution in [-0.4, -0.2) is 50.4 Å². The molecule has 1 aromatic carbocycles. The topological polar surface area (TPSA) is 71.0 Å². The first kappa shape index (κ1) is 25.6. The summed E-state index contributed by atoms with van der Waals surface area (Å²) in [4.78, 5) is 11.2. The second-order valence-electron chi connectivity index (χ2n) is 8.79. The van der Waals surface area contributed by atoms with Crippen LogP contribution in [0.3, 0.4) is 0 Å². The lowest BCUT2D eigenvalue weighted by Crippen LogP contribution is -2.41. The maximum absolute atomic E-state index is 6.09. The van der Waals surface area contributed by atoms with E-state index in [1.54, 1.807) is 7.05 Å². The fraction of sp³-hybridized carbons (Fsp3) is 0.520. The van der Waals surface area contributed by atoms with Crippen molar-refractivity contribution >= 4 is 35.8 Å². The molecule has 2 aliphatic rings. The van der Waals surface area contributed by atoms with Gasteiger partial charge in [0.1, 0.15) is 11.6 Å². The summed E-state index contributed by atoms with van der Waals surface area (Å²) in [5.74, 6) is 3.46. The average Bonchev–Trinajstić information content (AvgIpc) is 3.63. The summed E-state index contributed by atoms with van der Waals surface area (Å²) in [5.41, 5.74) is 3.53. The van der Waals surface area contributed by atoms with Crippen LogP contribution < -0.4 is 20.3 Å². The Labute approximate surface area is 214 Å². The molecule has 7 nitrogen and oxygen atoms in total. The van der Waals surface area contributed by atoms with Gasteiger partial charge in [-0.3, -0.25) is 4.99 Å². The van der Waals surface area contributed by atoms with Crippen LogP contribution in [0.15, 0.2) is 41.5 Å². The van der Waals surface area contributed by atoms with Gasteiger partial charge in [0.2, 0.25) is 0 Å². The third-order valence-corrected chi connectivity index (χ3v) is 5.90. The smallest absolute Gasteiger partial charge is 0.191 e. The molecule has 0 bridgehead atoms. The normalized spacial score (nSPS) is 18.5. The highest BCUT2D eigenvalue weighted by Crippen LogP contribution is 2.30. The summed E-state index contributed by atoms with van der Waals surface area (Å²) in [6.07, 6.45) is 4.68. The van der Waals surface area contributed by atoms with E-state index in [1.807, 2.05) is 12.3 Å². The van der Waals surface area contributed by atoms with E-state index in [9.17, 15) is 0 Å². The van der Waals surface area contributed by atoms with Crippen LogP contribution >= 0.6 is 24.0 Å². The van der Waals surface area contributed by atoms with E-state index in [1.165, 1.54) is 24.0 Å². The van der Waals surface area contributed by atoms with Gasteiger partial charge in [-0.05, 0) is 61.9 Å². The molecule has 1 aromatic heterocycles. The quantitative estimate of drug-likeness (QED) is 0.288. The van der Waals surface area contributed by atoms with Crippen molar-refractivity contribution < 1.29 is 9.47 Å². The summed E-state index contributed by atoms with van der Waals surface area (Å²) in [7, 11) is 1.79. The lowest BCUT2D eigenvalue weighted by Gasteiger charge is -2.32. The molecule has 4 rings (SSSR count). The van der Waals surface area contributed by atoms with Gasteiger partial charge in [-0.25, -0.2) is 4.98 Å². The Kier molecular flexibility index (Phi) is 9.61. The molecule has 8 heteroatoms. The van der Waals surface area contributed by atoms with Gasteiger partial charge in [0.05, 0.1) is 19.3 Å². The molecule has 0 radical (unpaired) electrons. The number of guanidine groups is 1.